The molecule has 0 bridgehead atoms. The first-order valence-electron chi connectivity index (χ1n) is 14.8. The highest BCUT2D eigenvalue weighted by Gasteiger charge is 2.33. The van der Waals surface area contributed by atoms with Gasteiger partial charge in [0.25, 0.3) is 0 Å². The molecule has 0 unspecified atom stereocenters. The third-order valence-corrected chi connectivity index (χ3v) is 8.97. The zero-order valence-corrected chi connectivity index (χ0v) is 24.0. The third kappa shape index (κ3) is 3.38. The summed E-state index contributed by atoms with van der Waals surface area (Å²) in [6, 6.07) is 43.0. The molecule has 0 fully saturated rings. The normalized spacial score (nSPS) is 13.9. The lowest BCUT2D eigenvalue weighted by atomic mass is 9.85. The van der Waals surface area contributed by atoms with Crippen molar-refractivity contribution in [1.82, 2.24) is 19.1 Å². The van der Waals surface area contributed by atoms with E-state index in [1.807, 2.05) is 0 Å². The first kappa shape index (κ1) is 24.2. The molecule has 4 heteroatoms. The largest absolute Gasteiger partial charge is 0.309 e. The molecule has 3 heterocycles. The van der Waals surface area contributed by atoms with Crippen LogP contribution in [0.15, 0.2) is 127 Å². The van der Waals surface area contributed by atoms with Crippen molar-refractivity contribution in [2.75, 3.05) is 0 Å². The molecule has 0 aliphatic heterocycles. The molecule has 0 spiro atoms. The number of benzene rings is 5. The Bertz CT molecular complexity index is 2370. The van der Waals surface area contributed by atoms with Crippen LogP contribution in [0.1, 0.15) is 25.1 Å². The number of hydrogen-bond acceptors (Lipinski definition) is 2. The Labute approximate surface area is 249 Å². The monoisotopic (exact) mass is 552 g/mol. The van der Waals surface area contributed by atoms with Gasteiger partial charge in [-0.1, -0.05) is 111 Å². The van der Waals surface area contributed by atoms with E-state index in [-0.39, 0.29) is 5.41 Å². The lowest BCUT2D eigenvalue weighted by Gasteiger charge is -2.23. The van der Waals surface area contributed by atoms with Gasteiger partial charge in [0.2, 0.25) is 5.95 Å². The minimum atomic E-state index is -0.213. The van der Waals surface area contributed by atoms with Crippen molar-refractivity contribution in [1.29, 1.82) is 0 Å². The predicted octanol–water partition coefficient (Wildman–Crippen LogP) is 9.64. The summed E-state index contributed by atoms with van der Waals surface area (Å²) in [5.74, 6) is 0.688. The van der Waals surface area contributed by atoms with Gasteiger partial charge in [-0.05, 0) is 36.4 Å². The van der Waals surface area contributed by atoms with Crippen molar-refractivity contribution < 1.29 is 0 Å². The maximum Gasteiger partial charge on any atom is 0.235 e. The van der Waals surface area contributed by atoms with E-state index in [0.717, 1.165) is 44.8 Å². The Morgan fingerprint density at radius 1 is 0.535 bits per heavy atom. The Hall–Kier alpha value is -5.48. The molecule has 0 amide bonds. The number of para-hydroxylation sites is 5. The zero-order chi connectivity index (χ0) is 28.7. The van der Waals surface area contributed by atoms with Crippen LogP contribution in [0, 0.1) is 0 Å². The fourth-order valence-electron chi connectivity index (χ4n) is 7.08. The molecule has 0 N–H and O–H groups in total. The van der Waals surface area contributed by atoms with E-state index >= 15 is 0 Å². The quantitative estimate of drug-likeness (QED) is 0.219. The Kier molecular flexibility index (Phi) is 4.92. The van der Waals surface area contributed by atoms with Gasteiger partial charge in [-0.25, -0.2) is 9.97 Å². The summed E-state index contributed by atoms with van der Waals surface area (Å²) in [6.45, 7) is 4.52. The molecule has 9 rings (SSSR count). The summed E-state index contributed by atoms with van der Waals surface area (Å²) >= 11 is 0. The van der Waals surface area contributed by atoms with E-state index in [2.05, 4.69) is 156 Å². The maximum atomic E-state index is 5.51. The van der Waals surface area contributed by atoms with Gasteiger partial charge in [0, 0.05) is 43.8 Å². The van der Waals surface area contributed by atoms with E-state index in [1.54, 1.807) is 0 Å². The first-order valence-corrected chi connectivity index (χ1v) is 14.8. The van der Waals surface area contributed by atoms with Gasteiger partial charge in [0.15, 0.2) is 0 Å². The smallest absolute Gasteiger partial charge is 0.235 e. The summed E-state index contributed by atoms with van der Waals surface area (Å²) in [6.07, 6.45) is 4.43. The topological polar surface area (TPSA) is 35.6 Å². The summed E-state index contributed by atoms with van der Waals surface area (Å²) in [4.78, 5) is 10.7. The van der Waals surface area contributed by atoms with Crippen molar-refractivity contribution in [3.63, 3.8) is 0 Å². The van der Waals surface area contributed by atoms with Crippen LogP contribution < -0.4 is 0 Å². The van der Waals surface area contributed by atoms with Gasteiger partial charge in [-0.3, -0.25) is 4.57 Å². The molecule has 0 saturated heterocycles. The minimum Gasteiger partial charge on any atom is -0.309 e. The van der Waals surface area contributed by atoms with Gasteiger partial charge < -0.3 is 4.57 Å². The van der Waals surface area contributed by atoms with Crippen molar-refractivity contribution in [2.24, 2.45) is 0 Å². The molecule has 3 aromatic heterocycles. The second-order valence-corrected chi connectivity index (χ2v) is 11.9. The number of fused-ring (bicyclic) bond motifs is 7. The van der Waals surface area contributed by atoms with E-state index in [1.165, 1.54) is 27.1 Å². The second kappa shape index (κ2) is 8.76. The van der Waals surface area contributed by atoms with Crippen LogP contribution in [0.4, 0.5) is 0 Å². The van der Waals surface area contributed by atoms with Gasteiger partial charge >= 0.3 is 0 Å². The fraction of sp³-hybridized carbons (Fsp3) is 0.0769. The van der Waals surface area contributed by atoms with Gasteiger partial charge in [-0.15, -0.1) is 0 Å². The summed E-state index contributed by atoms with van der Waals surface area (Å²) in [7, 11) is 0. The predicted molar refractivity (Wildman–Crippen MR) is 178 cm³/mol. The molecule has 5 aromatic carbocycles. The minimum absolute atomic E-state index is 0.213. The van der Waals surface area contributed by atoms with E-state index < -0.39 is 0 Å². The van der Waals surface area contributed by atoms with Gasteiger partial charge in [0.1, 0.15) is 0 Å². The summed E-state index contributed by atoms with van der Waals surface area (Å²) in [5, 5.41) is 4.84. The molecule has 0 saturated carbocycles. The molecule has 4 nitrogen and oxygen atoms in total. The molecule has 1 aliphatic rings. The highest BCUT2D eigenvalue weighted by Crippen LogP contribution is 2.45. The lowest BCUT2D eigenvalue weighted by Crippen LogP contribution is -2.16. The van der Waals surface area contributed by atoms with Crippen LogP contribution in [-0.2, 0) is 5.41 Å². The van der Waals surface area contributed by atoms with Crippen molar-refractivity contribution in [3.8, 4) is 22.9 Å². The number of rotatable bonds is 3. The Morgan fingerprint density at radius 3 is 1.77 bits per heavy atom. The lowest BCUT2D eigenvalue weighted by molar-refractivity contribution is 0.677. The highest BCUT2D eigenvalue weighted by atomic mass is 15.2. The second-order valence-electron chi connectivity index (χ2n) is 11.9. The number of hydrogen-bond donors (Lipinski definition) is 0. The van der Waals surface area contributed by atoms with Gasteiger partial charge in [0.05, 0.1) is 33.5 Å². The molecule has 8 aromatic rings. The van der Waals surface area contributed by atoms with E-state index in [9.17, 15) is 0 Å². The number of nitrogens with zero attached hydrogens (tertiary/aromatic N) is 4. The molecule has 204 valence electrons. The molecule has 43 heavy (non-hydrogen) atoms. The average Bonchev–Trinajstić information content (AvgIpc) is 3.68. The van der Waals surface area contributed by atoms with Crippen molar-refractivity contribution in [2.45, 2.75) is 19.3 Å². The van der Waals surface area contributed by atoms with Crippen LogP contribution in [0.5, 0.6) is 0 Å². The van der Waals surface area contributed by atoms with E-state index in [4.69, 9.17) is 9.97 Å². The molecular weight excluding hydrogens is 524 g/mol. The van der Waals surface area contributed by atoms with Crippen LogP contribution in [0.3, 0.4) is 0 Å². The standard InChI is InChI=1S/C39H28N4/c1-39(2)24-23-31-35(39)36(41-38(40-31)43-33-21-10-6-15-26(33)27-16-7-11-22-34(27)43)30-19-12-18-29-28-17-8-9-20-32(28)42(37(29)30)25-13-4-3-5-14-25/h3-24H,1-2H3. The zero-order valence-electron chi connectivity index (χ0n) is 24.0. The highest BCUT2D eigenvalue weighted by molar-refractivity contribution is 6.14. The summed E-state index contributed by atoms with van der Waals surface area (Å²) in [5.41, 5.74) is 9.69. The maximum absolute atomic E-state index is 5.51. The first-order chi connectivity index (χ1) is 21.1. The van der Waals surface area contributed by atoms with E-state index in [0.29, 0.717) is 5.95 Å². The van der Waals surface area contributed by atoms with Crippen molar-refractivity contribution in [3.05, 3.63) is 139 Å². The summed E-state index contributed by atoms with van der Waals surface area (Å²) < 4.78 is 4.62. The fourth-order valence-corrected chi connectivity index (χ4v) is 7.08. The Morgan fingerprint density at radius 2 is 1.09 bits per heavy atom. The SMILES string of the molecule is CC1(C)C=Cc2nc(-n3c4ccccc4c4ccccc43)nc(-c3cccc4c5ccccc5n(-c5ccccc5)c34)c21. The van der Waals surface area contributed by atoms with Crippen molar-refractivity contribution >= 4 is 49.7 Å². The van der Waals surface area contributed by atoms with Crippen LogP contribution >= 0.6 is 0 Å². The number of allylic oxidation sites excluding steroid dienone is 1. The van der Waals surface area contributed by atoms with Crippen LogP contribution in [0.25, 0.3) is 72.6 Å². The van der Waals surface area contributed by atoms with Crippen LogP contribution in [-0.4, -0.2) is 19.1 Å². The molecule has 0 atom stereocenters. The molecule has 1 aliphatic carbocycles. The molecular formula is C39H28N4. The van der Waals surface area contributed by atoms with Crippen LogP contribution in [0.2, 0.25) is 0 Å². The van der Waals surface area contributed by atoms with Gasteiger partial charge in [-0.2, -0.15) is 0 Å². The third-order valence-electron chi connectivity index (χ3n) is 8.97. The average molecular weight is 553 g/mol. The molecule has 0 radical (unpaired) electrons. The Balaban J connectivity index is 1.43. The number of aromatic nitrogens is 4.